The van der Waals surface area contributed by atoms with E-state index in [0.717, 1.165) is 16.5 Å². The highest BCUT2D eigenvalue weighted by Gasteiger charge is 2.33. The fourth-order valence-corrected chi connectivity index (χ4v) is 4.41. The van der Waals surface area contributed by atoms with Gasteiger partial charge in [0.25, 0.3) is 0 Å². The van der Waals surface area contributed by atoms with Crippen LogP contribution in [0.15, 0.2) is 30.5 Å². The number of aromatic nitrogens is 1. The Balaban J connectivity index is 2.17. The number of unbranched alkanes of at least 4 members (excludes halogenated alkanes) is 1. The predicted octanol–water partition coefficient (Wildman–Crippen LogP) is 0.0173. The Morgan fingerprint density at radius 3 is 2.27 bits per heavy atom. The Morgan fingerprint density at radius 1 is 0.951 bits per heavy atom. The fraction of sp³-hybridized carbons (Fsp3) is 0.536. The molecule has 0 aliphatic carbocycles. The first kappa shape index (κ1) is 33.2. The molecule has 13 nitrogen and oxygen atoms in total. The van der Waals surface area contributed by atoms with E-state index in [2.05, 4.69) is 20.9 Å². The maximum atomic E-state index is 13.4. The number of nitrogens with two attached hydrogens (primary N) is 3. The number of carboxylic acids is 1. The lowest BCUT2D eigenvalue weighted by atomic mass is 9.96. The summed E-state index contributed by atoms with van der Waals surface area (Å²) in [4.78, 5) is 65.9. The molecule has 41 heavy (non-hydrogen) atoms. The van der Waals surface area contributed by atoms with Crippen LogP contribution < -0.4 is 33.2 Å². The number of benzene rings is 1. The molecule has 2 rings (SSSR count). The third kappa shape index (κ3) is 10.2. The number of carbonyl (C=O) groups is 5. The van der Waals surface area contributed by atoms with Crippen LogP contribution in [0.1, 0.15) is 57.9 Å². The van der Waals surface area contributed by atoms with Crippen molar-refractivity contribution in [1.29, 1.82) is 0 Å². The first-order chi connectivity index (χ1) is 19.5. The largest absolute Gasteiger partial charge is 0.480 e. The molecule has 1 aromatic carbocycles. The van der Waals surface area contributed by atoms with Gasteiger partial charge in [-0.15, -0.1) is 0 Å². The normalized spacial score (nSPS) is 14.8. The molecule has 2 aromatic rings. The van der Waals surface area contributed by atoms with Gasteiger partial charge < -0.3 is 43.2 Å². The highest BCUT2D eigenvalue weighted by molar-refractivity contribution is 5.94. The molecular weight excluding hydrogens is 530 g/mol. The number of para-hydroxylation sites is 1. The Kier molecular flexibility index (Phi) is 13.2. The monoisotopic (exact) mass is 573 g/mol. The van der Waals surface area contributed by atoms with Crippen LogP contribution in [0.4, 0.5) is 0 Å². The summed E-state index contributed by atoms with van der Waals surface area (Å²) in [6.07, 6.45) is 3.60. The topological polar surface area (TPSA) is 236 Å². The van der Waals surface area contributed by atoms with Crippen LogP contribution in [0.5, 0.6) is 0 Å². The van der Waals surface area contributed by atoms with Crippen molar-refractivity contribution in [3.8, 4) is 0 Å². The number of rotatable bonds is 18. The second kappa shape index (κ2) is 16.3. The standard InChI is InChI=1S/C28H43N7O6/c1-3-16(2)24(27(39)34-22(28(40)41)14-17-15-32-20-10-5-4-8-18(17)20)35-26(38)21(11-12-23(31)36)33-25(37)19(30)9-6-7-13-29/h4-5,8,10,15-16,19,21-22,24,32H,3,6-7,9,11-14,29-30H2,1-2H3,(H2,31,36)(H,33,37)(H,34,39)(H,35,38)(H,40,41). The molecule has 0 aliphatic heterocycles. The number of nitrogens with one attached hydrogen (secondary N) is 4. The highest BCUT2D eigenvalue weighted by atomic mass is 16.4. The molecule has 5 atom stereocenters. The van der Waals surface area contributed by atoms with Crippen LogP contribution in [0.25, 0.3) is 10.9 Å². The minimum absolute atomic E-state index is 0.0194. The summed E-state index contributed by atoms with van der Waals surface area (Å²) < 4.78 is 0. The van der Waals surface area contributed by atoms with Crippen molar-refractivity contribution >= 4 is 40.5 Å². The Labute approximate surface area is 239 Å². The number of hydrogen-bond donors (Lipinski definition) is 8. The lowest BCUT2D eigenvalue weighted by Gasteiger charge is -2.28. The summed E-state index contributed by atoms with van der Waals surface area (Å²) in [5.41, 5.74) is 18.3. The Hall–Kier alpha value is -3.97. The van der Waals surface area contributed by atoms with Crippen LogP contribution in [0.3, 0.4) is 0 Å². The number of carbonyl (C=O) groups excluding carboxylic acids is 4. The number of hydrogen-bond acceptors (Lipinski definition) is 7. The summed E-state index contributed by atoms with van der Waals surface area (Å²) in [5, 5.41) is 18.5. The maximum absolute atomic E-state index is 13.4. The summed E-state index contributed by atoms with van der Waals surface area (Å²) in [5.74, 6) is -4.25. The van der Waals surface area contributed by atoms with Gasteiger partial charge in [-0.3, -0.25) is 19.2 Å². The number of fused-ring (bicyclic) bond motifs is 1. The molecule has 0 saturated heterocycles. The zero-order valence-corrected chi connectivity index (χ0v) is 23.7. The van der Waals surface area contributed by atoms with Crippen LogP contribution in [-0.2, 0) is 30.4 Å². The Bertz CT molecular complexity index is 1200. The summed E-state index contributed by atoms with van der Waals surface area (Å²) >= 11 is 0. The molecule has 11 N–H and O–H groups in total. The quantitative estimate of drug-likeness (QED) is 0.113. The molecule has 1 heterocycles. The molecule has 0 radical (unpaired) electrons. The van der Waals surface area contributed by atoms with Crippen LogP contribution >= 0.6 is 0 Å². The van der Waals surface area contributed by atoms with E-state index >= 15 is 0 Å². The Morgan fingerprint density at radius 2 is 1.63 bits per heavy atom. The molecule has 226 valence electrons. The van der Waals surface area contributed by atoms with Crippen LogP contribution in [-0.4, -0.2) is 70.4 Å². The van der Waals surface area contributed by atoms with Gasteiger partial charge in [0.1, 0.15) is 18.1 Å². The van der Waals surface area contributed by atoms with E-state index < -0.39 is 53.8 Å². The molecule has 0 fully saturated rings. The summed E-state index contributed by atoms with van der Waals surface area (Å²) in [7, 11) is 0. The van der Waals surface area contributed by atoms with Crippen molar-refractivity contribution in [2.24, 2.45) is 23.1 Å². The van der Waals surface area contributed by atoms with Crippen molar-refractivity contribution in [3.63, 3.8) is 0 Å². The minimum atomic E-state index is -1.26. The van der Waals surface area contributed by atoms with E-state index in [1.165, 1.54) is 0 Å². The predicted molar refractivity (Wildman–Crippen MR) is 154 cm³/mol. The van der Waals surface area contributed by atoms with E-state index in [1.54, 1.807) is 13.1 Å². The van der Waals surface area contributed by atoms with E-state index in [1.807, 2.05) is 31.2 Å². The molecule has 0 bridgehead atoms. The maximum Gasteiger partial charge on any atom is 0.326 e. The van der Waals surface area contributed by atoms with E-state index in [4.69, 9.17) is 17.2 Å². The van der Waals surface area contributed by atoms with Gasteiger partial charge in [-0.25, -0.2) is 4.79 Å². The van der Waals surface area contributed by atoms with Gasteiger partial charge in [0.15, 0.2) is 0 Å². The number of H-pyrrole nitrogens is 1. The van der Waals surface area contributed by atoms with Crippen LogP contribution in [0.2, 0.25) is 0 Å². The van der Waals surface area contributed by atoms with Gasteiger partial charge in [-0.2, -0.15) is 0 Å². The third-order valence-electron chi connectivity index (χ3n) is 7.13. The van der Waals surface area contributed by atoms with Crippen molar-refractivity contribution in [2.45, 2.75) is 83.0 Å². The second-order valence-electron chi connectivity index (χ2n) is 10.3. The van der Waals surface area contributed by atoms with Gasteiger partial charge >= 0.3 is 5.97 Å². The first-order valence-corrected chi connectivity index (χ1v) is 13.9. The summed E-state index contributed by atoms with van der Waals surface area (Å²) in [6, 6.07) is 2.97. The van der Waals surface area contributed by atoms with Gasteiger partial charge in [0.2, 0.25) is 23.6 Å². The van der Waals surface area contributed by atoms with Gasteiger partial charge in [0, 0.05) is 29.9 Å². The molecule has 1 aromatic heterocycles. The zero-order chi connectivity index (χ0) is 30.5. The fourth-order valence-electron chi connectivity index (χ4n) is 4.41. The smallest absolute Gasteiger partial charge is 0.326 e. The third-order valence-corrected chi connectivity index (χ3v) is 7.13. The minimum Gasteiger partial charge on any atom is -0.480 e. The van der Waals surface area contributed by atoms with Crippen molar-refractivity contribution in [1.82, 2.24) is 20.9 Å². The highest BCUT2D eigenvalue weighted by Crippen LogP contribution is 2.19. The first-order valence-electron chi connectivity index (χ1n) is 13.9. The van der Waals surface area contributed by atoms with Gasteiger partial charge in [-0.05, 0) is 43.4 Å². The zero-order valence-electron chi connectivity index (χ0n) is 23.7. The number of carboxylic acid groups (broad SMARTS) is 1. The van der Waals surface area contributed by atoms with Crippen molar-refractivity contribution in [3.05, 3.63) is 36.0 Å². The molecule has 4 amide bonds. The molecule has 0 spiro atoms. The second-order valence-corrected chi connectivity index (χ2v) is 10.3. The SMILES string of the molecule is CCC(C)C(NC(=O)C(CCC(N)=O)NC(=O)C(N)CCCCN)C(=O)NC(Cc1c[nH]c2ccccc12)C(=O)O. The average molecular weight is 574 g/mol. The van der Waals surface area contributed by atoms with Crippen molar-refractivity contribution in [2.75, 3.05) is 6.54 Å². The van der Waals surface area contributed by atoms with Gasteiger partial charge in [-0.1, -0.05) is 44.9 Å². The van der Waals surface area contributed by atoms with E-state index in [-0.39, 0.29) is 25.2 Å². The average Bonchev–Trinajstić information content (AvgIpc) is 3.35. The number of aromatic amines is 1. The lowest BCUT2D eigenvalue weighted by Crippen LogP contribution is -2.59. The van der Waals surface area contributed by atoms with E-state index in [9.17, 15) is 29.1 Å². The number of amides is 4. The van der Waals surface area contributed by atoms with Gasteiger partial charge in [0.05, 0.1) is 6.04 Å². The number of primary amides is 1. The molecular formula is C28H43N7O6. The number of aliphatic carboxylic acids is 1. The lowest BCUT2D eigenvalue weighted by molar-refractivity contribution is -0.142. The molecule has 0 saturated carbocycles. The van der Waals surface area contributed by atoms with Crippen molar-refractivity contribution < 1.29 is 29.1 Å². The van der Waals surface area contributed by atoms with Crippen LogP contribution in [0, 0.1) is 5.92 Å². The van der Waals surface area contributed by atoms with E-state index in [0.29, 0.717) is 32.2 Å². The molecule has 5 unspecified atom stereocenters. The summed E-state index contributed by atoms with van der Waals surface area (Å²) in [6.45, 7) is 4.02. The molecule has 0 aliphatic rings. The molecule has 13 heteroatoms.